The van der Waals surface area contributed by atoms with Crippen LogP contribution in [0.15, 0.2) is 10.6 Å². The van der Waals surface area contributed by atoms with Crippen molar-refractivity contribution in [1.29, 1.82) is 0 Å². The summed E-state index contributed by atoms with van der Waals surface area (Å²) in [5.41, 5.74) is -0.0179. The maximum atomic E-state index is 6.93. The standard InChI is InChI=1S/C12H3Cl13/c13-2-3-7(17,11(22,23)9(19,20)4(2)14)5(15)1-6(5,16)10(21)8(3,18)12(10,24)25/h4H,1H2. The van der Waals surface area contributed by atoms with Gasteiger partial charge in [0.15, 0.2) is 13.0 Å². The molecule has 0 aromatic rings. The SMILES string of the molecule is ClC1=C2C(Cl)(C(Cl)(Cl)C(Cl)(Cl)C1Cl)C1(Cl)CC1(Cl)C1(Cl)C(Cl)(Cl)C21Cl. The van der Waals surface area contributed by atoms with Crippen LogP contribution in [0.2, 0.25) is 0 Å². The Kier molecular flexibility index (Phi) is 4.44. The van der Waals surface area contributed by atoms with Gasteiger partial charge in [0.2, 0.25) is 0 Å². The van der Waals surface area contributed by atoms with Gasteiger partial charge in [-0.15, -0.1) is 69.6 Å². The third-order valence-corrected chi connectivity index (χ3v) is 15.5. The van der Waals surface area contributed by atoms with Gasteiger partial charge in [-0.25, -0.2) is 0 Å². The summed E-state index contributed by atoms with van der Waals surface area (Å²) in [6.45, 7) is 0. The van der Waals surface area contributed by atoms with Crippen LogP contribution in [-0.2, 0) is 0 Å². The van der Waals surface area contributed by atoms with Crippen molar-refractivity contribution >= 4 is 151 Å². The summed E-state index contributed by atoms with van der Waals surface area (Å²) >= 11 is 85.3. The summed E-state index contributed by atoms with van der Waals surface area (Å²) in [5, 5.41) is -1.43. The average Bonchev–Trinajstić information content (AvgIpc) is 3.18. The van der Waals surface area contributed by atoms with E-state index < -0.39 is 42.7 Å². The first-order valence-corrected chi connectivity index (χ1v) is 11.5. The molecule has 3 saturated carbocycles. The zero-order chi connectivity index (χ0) is 19.4. The molecule has 0 radical (unpaired) electrons. The maximum absolute atomic E-state index is 6.93. The molecule has 0 aliphatic heterocycles. The van der Waals surface area contributed by atoms with Crippen LogP contribution in [0.3, 0.4) is 0 Å². The highest BCUT2D eigenvalue weighted by molar-refractivity contribution is 6.74. The molecular weight excluding hydrogens is 605 g/mol. The van der Waals surface area contributed by atoms with Gasteiger partial charge in [-0.05, 0) is 12.0 Å². The molecule has 0 aromatic heterocycles. The van der Waals surface area contributed by atoms with Gasteiger partial charge in [0, 0.05) is 5.03 Å². The van der Waals surface area contributed by atoms with Crippen LogP contribution < -0.4 is 0 Å². The highest BCUT2D eigenvalue weighted by Crippen LogP contribution is 2.96. The predicted octanol–water partition coefficient (Wildman–Crippen LogP) is 7.94. The summed E-state index contributed by atoms with van der Waals surface area (Å²) in [6, 6.07) is 0. The Hall–Kier alpha value is 3.51. The molecule has 6 unspecified atom stereocenters. The lowest BCUT2D eigenvalue weighted by atomic mass is 9.73. The monoisotopic (exact) mass is 602 g/mol. The van der Waals surface area contributed by atoms with E-state index in [1.165, 1.54) is 0 Å². The summed E-state index contributed by atoms with van der Waals surface area (Å²) in [5.74, 6) is 0. The second-order valence-electron chi connectivity index (χ2n) is 6.61. The van der Waals surface area contributed by atoms with Gasteiger partial charge in [0.05, 0.1) is 9.75 Å². The van der Waals surface area contributed by atoms with E-state index in [0.29, 0.717) is 0 Å². The summed E-state index contributed by atoms with van der Waals surface area (Å²) < 4.78 is -6.00. The molecule has 3 fully saturated rings. The minimum Gasteiger partial charge on any atom is -0.115 e. The van der Waals surface area contributed by atoms with Crippen LogP contribution in [0.1, 0.15) is 6.42 Å². The van der Waals surface area contributed by atoms with Crippen LogP contribution in [0.4, 0.5) is 0 Å². The highest BCUT2D eigenvalue weighted by Gasteiger charge is 3.08. The molecule has 25 heavy (non-hydrogen) atoms. The molecule has 0 spiro atoms. The van der Waals surface area contributed by atoms with Crippen LogP contribution in [0.25, 0.3) is 0 Å². The van der Waals surface area contributed by atoms with Crippen molar-refractivity contribution in [3.05, 3.63) is 10.6 Å². The van der Waals surface area contributed by atoms with Gasteiger partial charge in [-0.3, -0.25) is 0 Å². The Labute approximate surface area is 208 Å². The van der Waals surface area contributed by atoms with Crippen LogP contribution in [0, 0.1) is 0 Å². The van der Waals surface area contributed by atoms with E-state index in [0.717, 1.165) is 0 Å². The summed E-state index contributed by atoms with van der Waals surface area (Å²) in [4.78, 5) is -8.29. The third kappa shape index (κ3) is 1.67. The fourth-order valence-corrected chi connectivity index (χ4v) is 11.3. The van der Waals surface area contributed by atoms with Gasteiger partial charge < -0.3 is 0 Å². The van der Waals surface area contributed by atoms with Gasteiger partial charge in [-0.1, -0.05) is 81.2 Å². The number of halogens is 13. The Bertz CT molecular complexity index is 758. The Morgan fingerprint density at radius 2 is 1.16 bits per heavy atom. The van der Waals surface area contributed by atoms with Crippen molar-refractivity contribution in [3.63, 3.8) is 0 Å². The van der Waals surface area contributed by atoms with E-state index in [2.05, 4.69) is 0 Å². The molecule has 0 nitrogen and oxygen atoms in total. The number of fused-ring (bicyclic) bond motifs is 6. The second-order valence-corrected chi connectivity index (χ2v) is 14.5. The van der Waals surface area contributed by atoms with Crippen molar-refractivity contribution in [2.75, 3.05) is 0 Å². The Balaban J connectivity index is 2.16. The molecule has 0 saturated heterocycles. The Morgan fingerprint density at radius 1 is 0.680 bits per heavy atom. The van der Waals surface area contributed by atoms with Crippen LogP contribution >= 0.6 is 151 Å². The topological polar surface area (TPSA) is 0 Å². The number of alkyl halides is 12. The first-order chi connectivity index (χ1) is 10.9. The van der Waals surface area contributed by atoms with Gasteiger partial charge in [-0.2, -0.15) is 0 Å². The fourth-order valence-electron chi connectivity index (χ4n) is 4.20. The maximum Gasteiger partial charge on any atom is 0.177 e. The number of rotatable bonds is 0. The summed E-state index contributed by atoms with van der Waals surface area (Å²) in [7, 11) is 0. The van der Waals surface area contributed by atoms with E-state index in [-0.39, 0.29) is 17.0 Å². The van der Waals surface area contributed by atoms with E-state index in [1.54, 1.807) is 0 Å². The lowest BCUT2D eigenvalue weighted by Gasteiger charge is -2.57. The summed E-state index contributed by atoms with van der Waals surface area (Å²) in [6.07, 6.45) is 0.0252. The van der Waals surface area contributed by atoms with E-state index in [9.17, 15) is 0 Å². The number of hydrogen-bond donors (Lipinski definition) is 0. The average molecular weight is 608 g/mol. The van der Waals surface area contributed by atoms with Crippen LogP contribution in [0.5, 0.6) is 0 Å². The zero-order valence-electron chi connectivity index (χ0n) is 11.2. The van der Waals surface area contributed by atoms with Gasteiger partial charge in [0.1, 0.15) is 20.0 Å². The normalized spacial score (nSPS) is 59.6. The fraction of sp³-hybridized carbons (Fsp3) is 0.833. The molecule has 4 aliphatic rings. The molecule has 0 aromatic carbocycles. The highest BCUT2D eigenvalue weighted by atomic mass is 35.5. The largest absolute Gasteiger partial charge is 0.177 e. The van der Waals surface area contributed by atoms with Gasteiger partial charge in [0.25, 0.3) is 0 Å². The van der Waals surface area contributed by atoms with Gasteiger partial charge >= 0.3 is 0 Å². The van der Waals surface area contributed by atoms with Crippen molar-refractivity contribution in [3.8, 4) is 0 Å². The molecular formula is C12H3Cl13. The third-order valence-electron chi connectivity index (χ3n) is 5.68. The van der Waals surface area contributed by atoms with Crippen molar-refractivity contribution in [2.45, 2.75) is 49.2 Å². The predicted molar refractivity (Wildman–Crippen MR) is 113 cm³/mol. The number of hydrogen-bond acceptors (Lipinski definition) is 0. The molecule has 4 rings (SSSR count). The second kappa shape index (κ2) is 5.11. The lowest BCUT2D eigenvalue weighted by molar-refractivity contribution is 0.408. The van der Waals surface area contributed by atoms with E-state index in [1.807, 2.05) is 0 Å². The smallest absolute Gasteiger partial charge is 0.115 e. The van der Waals surface area contributed by atoms with Crippen molar-refractivity contribution < 1.29 is 0 Å². The first kappa shape index (κ1) is 21.7. The molecule has 0 N–H and O–H groups in total. The molecule has 4 aliphatic carbocycles. The van der Waals surface area contributed by atoms with Crippen molar-refractivity contribution in [2.24, 2.45) is 0 Å². The molecule has 0 heterocycles. The lowest BCUT2D eigenvalue weighted by Crippen LogP contribution is -2.71. The first-order valence-electron chi connectivity index (χ1n) is 6.52. The van der Waals surface area contributed by atoms with E-state index in [4.69, 9.17) is 151 Å². The van der Waals surface area contributed by atoms with Crippen molar-refractivity contribution in [1.82, 2.24) is 0 Å². The van der Waals surface area contributed by atoms with E-state index >= 15 is 0 Å². The molecule has 142 valence electrons. The van der Waals surface area contributed by atoms with Crippen LogP contribution in [-0.4, -0.2) is 42.7 Å². The Morgan fingerprint density at radius 3 is 1.64 bits per heavy atom. The molecule has 0 amide bonds. The zero-order valence-corrected chi connectivity index (χ0v) is 21.0. The minimum atomic E-state index is -2.17. The quantitative estimate of drug-likeness (QED) is 0.245. The number of allylic oxidation sites excluding steroid dienone is 2. The molecule has 13 heteroatoms. The minimum absolute atomic E-state index is 0.0179. The molecule has 6 atom stereocenters. The molecule has 0 bridgehead atoms.